The molecule has 0 saturated carbocycles. The minimum absolute atomic E-state index is 0.00822. The van der Waals surface area contributed by atoms with Crippen molar-refractivity contribution >= 4 is 24.2 Å². The van der Waals surface area contributed by atoms with E-state index in [9.17, 15) is 20.0 Å². The van der Waals surface area contributed by atoms with Crippen LogP contribution in [0, 0.1) is 11.5 Å². The molecule has 0 aliphatic carbocycles. The first-order valence-corrected chi connectivity index (χ1v) is 12.2. The molecule has 1 aromatic carbocycles. The summed E-state index contributed by atoms with van der Waals surface area (Å²) in [6.07, 6.45) is 8.27. The summed E-state index contributed by atoms with van der Waals surface area (Å²) in [4.78, 5) is 34.5. The lowest BCUT2D eigenvalue weighted by Gasteiger charge is -2.35. The number of allylic oxidation sites excluding steroid dienone is 1. The van der Waals surface area contributed by atoms with Gasteiger partial charge in [0.05, 0.1) is 5.60 Å². The lowest BCUT2D eigenvalue weighted by Crippen LogP contribution is -2.56. The van der Waals surface area contributed by atoms with Gasteiger partial charge in [0.25, 0.3) is 5.91 Å². The van der Waals surface area contributed by atoms with Crippen LogP contribution in [0.5, 0.6) is 0 Å². The molecule has 2 rings (SSSR count). The number of aliphatic imine (C=N–C) groups is 1. The van der Waals surface area contributed by atoms with Crippen molar-refractivity contribution in [3.8, 4) is 6.19 Å². The second-order valence-electron chi connectivity index (χ2n) is 10.7. The molecule has 8 nitrogen and oxygen atoms in total. The van der Waals surface area contributed by atoms with Gasteiger partial charge in [0.15, 0.2) is 6.19 Å². The maximum absolute atomic E-state index is 14.1. The van der Waals surface area contributed by atoms with Crippen molar-refractivity contribution < 1.29 is 14.7 Å². The third kappa shape index (κ3) is 7.28. The molecule has 2 amide bonds. The fraction of sp³-hybridized carbons (Fsp3) is 0.500. The molecule has 1 aliphatic heterocycles. The first kappa shape index (κ1) is 28.8. The smallest absolute Gasteiger partial charge is 0.251 e. The van der Waals surface area contributed by atoms with Gasteiger partial charge in [-0.05, 0) is 63.4 Å². The second-order valence-corrected chi connectivity index (χ2v) is 10.7. The highest BCUT2D eigenvalue weighted by molar-refractivity contribution is 6.05. The normalized spacial score (nSPS) is 17.6. The maximum atomic E-state index is 14.1. The molecule has 0 bridgehead atoms. The zero-order valence-electron chi connectivity index (χ0n) is 22.3. The summed E-state index contributed by atoms with van der Waals surface area (Å²) in [5.41, 5.74) is 0.824. The molecular weight excluding hydrogens is 454 g/mol. The number of hydrogen-bond donors (Lipinski definition) is 2. The standard InChI is InChI=1S/C28H39N5O3/c1-8-10-20(17-30-7)24(25(34)31-18-28(5,6)36)33(26(35)23-11-9-16-32(23)19-29)22-14-12-21(13-15-22)27(2,3)4/h8,10,12-15,17,23-24,36H,7,9,11,16,18H2,1-6H3,(H,31,34)/b10-8-,20-17+. The molecule has 0 spiro atoms. The van der Waals surface area contributed by atoms with Crippen molar-refractivity contribution in [1.29, 1.82) is 5.26 Å². The molecular formula is C28H39N5O3. The van der Waals surface area contributed by atoms with E-state index in [1.54, 1.807) is 32.9 Å². The Bertz CT molecular complexity index is 1040. The van der Waals surface area contributed by atoms with Crippen LogP contribution in [-0.4, -0.2) is 59.3 Å². The molecule has 8 heteroatoms. The van der Waals surface area contributed by atoms with Crippen molar-refractivity contribution in [2.24, 2.45) is 4.99 Å². The molecule has 1 aliphatic rings. The van der Waals surface area contributed by atoms with E-state index in [2.05, 4.69) is 44.0 Å². The number of nitrogens with zero attached hydrogens (tertiary/aromatic N) is 4. The summed E-state index contributed by atoms with van der Waals surface area (Å²) in [5.74, 6) is -0.819. The van der Waals surface area contributed by atoms with E-state index in [4.69, 9.17) is 0 Å². The summed E-state index contributed by atoms with van der Waals surface area (Å²) in [5, 5.41) is 22.6. The van der Waals surface area contributed by atoms with E-state index in [1.165, 1.54) is 16.0 Å². The van der Waals surface area contributed by atoms with Gasteiger partial charge in [-0.15, -0.1) is 0 Å². The number of nitriles is 1. The highest BCUT2D eigenvalue weighted by Gasteiger charge is 2.40. The average Bonchev–Trinajstić information content (AvgIpc) is 3.28. The van der Waals surface area contributed by atoms with Crippen LogP contribution in [0.2, 0.25) is 0 Å². The van der Waals surface area contributed by atoms with Gasteiger partial charge in [0.1, 0.15) is 12.1 Å². The Morgan fingerprint density at radius 2 is 1.94 bits per heavy atom. The molecule has 2 atom stereocenters. The number of amides is 2. The van der Waals surface area contributed by atoms with Gasteiger partial charge in [-0.2, -0.15) is 5.26 Å². The highest BCUT2D eigenvalue weighted by Crippen LogP contribution is 2.30. The molecule has 36 heavy (non-hydrogen) atoms. The predicted octanol–water partition coefficient (Wildman–Crippen LogP) is 3.68. The van der Waals surface area contributed by atoms with Gasteiger partial charge in [-0.25, -0.2) is 0 Å². The third-order valence-corrected chi connectivity index (χ3v) is 6.03. The molecule has 194 valence electrons. The van der Waals surface area contributed by atoms with Crippen molar-refractivity contribution in [1.82, 2.24) is 10.2 Å². The van der Waals surface area contributed by atoms with Crippen molar-refractivity contribution in [2.45, 2.75) is 77.5 Å². The molecule has 2 N–H and O–H groups in total. The average molecular weight is 494 g/mol. The van der Waals surface area contributed by atoms with Crippen molar-refractivity contribution in [3.05, 3.63) is 53.8 Å². The minimum atomic E-state index is -1.15. The Balaban J connectivity index is 2.70. The second kappa shape index (κ2) is 12.0. The van der Waals surface area contributed by atoms with Crippen LogP contribution >= 0.6 is 0 Å². The number of likely N-dealkylation sites (tertiary alicyclic amines) is 1. The summed E-state index contributed by atoms with van der Waals surface area (Å²) >= 11 is 0. The van der Waals surface area contributed by atoms with Gasteiger partial charge in [-0.3, -0.25) is 24.4 Å². The van der Waals surface area contributed by atoms with E-state index in [0.717, 1.165) is 5.56 Å². The topological polar surface area (TPSA) is 109 Å². The van der Waals surface area contributed by atoms with Gasteiger partial charge in [0, 0.05) is 30.5 Å². The first-order valence-electron chi connectivity index (χ1n) is 12.2. The lowest BCUT2D eigenvalue weighted by atomic mass is 9.87. The van der Waals surface area contributed by atoms with Crippen LogP contribution in [0.3, 0.4) is 0 Å². The first-order chi connectivity index (χ1) is 16.8. The van der Waals surface area contributed by atoms with E-state index >= 15 is 0 Å². The minimum Gasteiger partial charge on any atom is -0.389 e. The molecule has 0 aromatic heterocycles. The van der Waals surface area contributed by atoms with E-state index < -0.39 is 23.6 Å². The number of hydrogen-bond acceptors (Lipinski definition) is 6. The van der Waals surface area contributed by atoms with Crippen molar-refractivity contribution in [3.63, 3.8) is 0 Å². The number of carbonyl (C=O) groups is 2. The Morgan fingerprint density at radius 1 is 1.31 bits per heavy atom. The Labute approximate surface area is 215 Å². The van der Waals surface area contributed by atoms with Gasteiger partial charge < -0.3 is 10.4 Å². The van der Waals surface area contributed by atoms with Crippen LogP contribution in [0.25, 0.3) is 0 Å². The van der Waals surface area contributed by atoms with Crippen LogP contribution in [0.4, 0.5) is 5.69 Å². The molecule has 1 saturated heterocycles. The SMILES string of the molecule is C=N/C=C(\C=C/C)C(C(=O)NCC(C)(C)O)N(C(=O)C1CCCN1C#N)c1ccc(C(C)(C)C)cc1. The fourth-order valence-corrected chi connectivity index (χ4v) is 4.15. The van der Waals surface area contributed by atoms with Crippen LogP contribution in [0.1, 0.15) is 59.9 Å². The van der Waals surface area contributed by atoms with Gasteiger partial charge in [0.2, 0.25) is 5.91 Å². The number of carbonyl (C=O) groups excluding carboxylic acids is 2. The maximum Gasteiger partial charge on any atom is 0.251 e. The summed E-state index contributed by atoms with van der Waals surface area (Å²) in [7, 11) is 0. The van der Waals surface area contributed by atoms with Gasteiger partial charge >= 0.3 is 0 Å². The van der Waals surface area contributed by atoms with Crippen LogP contribution in [0.15, 0.2) is 53.2 Å². The Morgan fingerprint density at radius 3 is 2.44 bits per heavy atom. The van der Waals surface area contributed by atoms with Crippen LogP contribution < -0.4 is 10.2 Å². The zero-order valence-corrected chi connectivity index (χ0v) is 22.3. The molecule has 0 radical (unpaired) electrons. The number of nitrogens with one attached hydrogen (secondary N) is 1. The monoisotopic (exact) mass is 493 g/mol. The van der Waals surface area contributed by atoms with E-state index in [0.29, 0.717) is 30.6 Å². The Hall–Kier alpha value is -3.44. The largest absolute Gasteiger partial charge is 0.389 e. The van der Waals surface area contributed by atoms with Gasteiger partial charge in [-0.1, -0.05) is 45.1 Å². The van der Waals surface area contributed by atoms with Crippen molar-refractivity contribution in [2.75, 3.05) is 18.0 Å². The summed E-state index contributed by atoms with van der Waals surface area (Å²) in [6, 6.07) is 5.78. The number of aliphatic hydroxyl groups is 1. The quantitative estimate of drug-likeness (QED) is 0.310. The zero-order chi connectivity index (χ0) is 27.1. The molecule has 2 unspecified atom stereocenters. The fourth-order valence-electron chi connectivity index (χ4n) is 4.15. The predicted molar refractivity (Wildman–Crippen MR) is 144 cm³/mol. The molecule has 1 fully saturated rings. The molecule has 1 aromatic rings. The Kier molecular flexibility index (Phi) is 9.60. The van der Waals surface area contributed by atoms with Crippen LogP contribution in [-0.2, 0) is 15.0 Å². The summed E-state index contributed by atoms with van der Waals surface area (Å²) in [6.45, 7) is 15.3. The number of benzene rings is 1. The highest BCUT2D eigenvalue weighted by atomic mass is 16.3. The lowest BCUT2D eigenvalue weighted by molar-refractivity contribution is -0.127. The van der Waals surface area contributed by atoms with E-state index in [-0.39, 0.29) is 17.9 Å². The van der Waals surface area contributed by atoms with E-state index in [1.807, 2.05) is 24.3 Å². The molecule has 1 heterocycles. The number of anilines is 1. The number of rotatable bonds is 9. The third-order valence-electron chi connectivity index (χ3n) is 6.03. The summed E-state index contributed by atoms with van der Waals surface area (Å²) < 4.78 is 0.